The highest BCUT2D eigenvalue weighted by Gasteiger charge is 2.36. The molecule has 0 radical (unpaired) electrons. The van der Waals surface area contributed by atoms with Crippen molar-refractivity contribution in [3.05, 3.63) is 108 Å². The summed E-state index contributed by atoms with van der Waals surface area (Å²) in [5.41, 5.74) is 2.80. The molecule has 3 heteroatoms. The quantitative estimate of drug-likeness (QED) is 0.494. The lowest BCUT2D eigenvalue weighted by Crippen LogP contribution is -2.47. The van der Waals surface area contributed by atoms with E-state index in [1.807, 2.05) is 54.6 Å². The minimum absolute atomic E-state index is 0.196. The number of hydrogen-bond donors (Lipinski definition) is 2. The molecular weight excluding hydrogens is 330 g/mol. The number of aliphatic hydroxyl groups is 1. The van der Waals surface area contributed by atoms with Crippen LogP contribution in [0.1, 0.15) is 16.7 Å². The average Bonchev–Trinajstić information content (AvgIpc) is 2.71. The molecule has 0 heterocycles. The van der Waals surface area contributed by atoms with Crippen molar-refractivity contribution in [3.63, 3.8) is 0 Å². The second-order valence-electron chi connectivity index (χ2n) is 6.04. The molecule has 0 saturated heterocycles. The molecule has 2 nitrogen and oxygen atoms in total. The number of halogens is 1. The summed E-state index contributed by atoms with van der Waals surface area (Å²) >= 11 is 5.83. The molecule has 0 aliphatic rings. The van der Waals surface area contributed by atoms with Crippen molar-refractivity contribution in [3.8, 4) is 0 Å². The fraction of sp³-hybridized carbons (Fsp3) is 0.182. The van der Waals surface area contributed by atoms with Crippen molar-refractivity contribution >= 4 is 11.6 Å². The summed E-state index contributed by atoms with van der Waals surface area (Å²) in [7, 11) is 0. The van der Waals surface area contributed by atoms with Gasteiger partial charge in [-0.1, -0.05) is 91.0 Å². The van der Waals surface area contributed by atoms with E-state index in [9.17, 15) is 5.11 Å². The van der Waals surface area contributed by atoms with Crippen LogP contribution < -0.4 is 5.32 Å². The number of alkyl halides is 1. The second kappa shape index (κ2) is 8.30. The Hall–Kier alpha value is -2.13. The Morgan fingerprint density at radius 3 is 1.40 bits per heavy atom. The van der Waals surface area contributed by atoms with Crippen molar-refractivity contribution in [1.82, 2.24) is 5.32 Å². The molecule has 3 aromatic rings. The number of benzene rings is 3. The first-order chi connectivity index (χ1) is 12.3. The van der Waals surface area contributed by atoms with Gasteiger partial charge in [0.25, 0.3) is 0 Å². The van der Waals surface area contributed by atoms with Crippen LogP contribution in [0.5, 0.6) is 0 Å². The van der Waals surface area contributed by atoms with Gasteiger partial charge in [0.05, 0.1) is 11.6 Å². The number of aliphatic hydroxyl groups excluding tert-OH is 1. The zero-order valence-corrected chi connectivity index (χ0v) is 14.7. The third-order valence-electron chi connectivity index (χ3n) is 4.40. The van der Waals surface area contributed by atoms with Crippen molar-refractivity contribution < 1.29 is 5.11 Å². The lowest BCUT2D eigenvalue weighted by atomic mass is 9.77. The standard InChI is InChI=1S/C22H22ClNO/c23-16-21(25)17-24-22(18-10-4-1-5-11-18,19-12-6-2-7-13-19)20-14-8-3-9-15-20/h1-15,21,24-25H,16-17H2. The second-order valence-corrected chi connectivity index (χ2v) is 6.35. The van der Waals surface area contributed by atoms with E-state index >= 15 is 0 Å². The molecule has 0 saturated carbocycles. The van der Waals surface area contributed by atoms with Crippen LogP contribution >= 0.6 is 11.6 Å². The molecule has 128 valence electrons. The Labute approximate surface area is 154 Å². The summed E-state index contributed by atoms with van der Waals surface area (Å²) < 4.78 is 0. The smallest absolute Gasteiger partial charge is 0.0948 e. The largest absolute Gasteiger partial charge is 0.391 e. The van der Waals surface area contributed by atoms with Crippen LogP contribution in [0.4, 0.5) is 0 Å². The van der Waals surface area contributed by atoms with Crippen molar-refractivity contribution in [2.75, 3.05) is 12.4 Å². The summed E-state index contributed by atoms with van der Waals surface area (Å²) in [6.45, 7) is 0.391. The van der Waals surface area contributed by atoms with E-state index in [-0.39, 0.29) is 5.88 Å². The van der Waals surface area contributed by atoms with Crippen LogP contribution in [-0.4, -0.2) is 23.6 Å². The topological polar surface area (TPSA) is 32.3 Å². The number of rotatable bonds is 7. The van der Waals surface area contributed by atoms with Crippen LogP contribution in [0.25, 0.3) is 0 Å². The van der Waals surface area contributed by atoms with E-state index in [0.29, 0.717) is 6.54 Å². The van der Waals surface area contributed by atoms with E-state index in [0.717, 1.165) is 16.7 Å². The SMILES string of the molecule is OC(CCl)CNC(c1ccccc1)(c1ccccc1)c1ccccc1. The lowest BCUT2D eigenvalue weighted by molar-refractivity contribution is 0.185. The monoisotopic (exact) mass is 351 g/mol. The van der Waals surface area contributed by atoms with Gasteiger partial charge in [0.1, 0.15) is 0 Å². The molecule has 0 amide bonds. The highest BCUT2D eigenvalue weighted by Crippen LogP contribution is 2.36. The van der Waals surface area contributed by atoms with Gasteiger partial charge >= 0.3 is 0 Å². The zero-order chi connectivity index (χ0) is 17.5. The lowest BCUT2D eigenvalue weighted by Gasteiger charge is -2.37. The third kappa shape index (κ3) is 3.77. The molecule has 1 atom stereocenters. The van der Waals surface area contributed by atoms with Gasteiger partial charge in [-0.05, 0) is 16.7 Å². The van der Waals surface area contributed by atoms with Gasteiger partial charge < -0.3 is 5.11 Å². The maximum atomic E-state index is 10.1. The third-order valence-corrected chi connectivity index (χ3v) is 4.76. The zero-order valence-electron chi connectivity index (χ0n) is 14.0. The molecule has 0 aromatic heterocycles. The highest BCUT2D eigenvalue weighted by atomic mass is 35.5. The van der Waals surface area contributed by atoms with Crippen molar-refractivity contribution in [1.29, 1.82) is 0 Å². The minimum Gasteiger partial charge on any atom is -0.391 e. The normalized spacial score (nSPS) is 12.7. The van der Waals surface area contributed by atoms with E-state index in [2.05, 4.69) is 41.7 Å². The molecule has 2 N–H and O–H groups in total. The van der Waals surface area contributed by atoms with E-state index in [1.54, 1.807) is 0 Å². The van der Waals surface area contributed by atoms with Gasteiger partial charge in [0.15, 0.2) is 0 Å². The van der Waals surface area contributed by atoms with Crippen molar-refractivity contribution in [2.24, 2.45) is 0 Å². The molecule has 1 unspecified atom stereocenters. The minimum atomic E-state index is -0.614. The first kappa shape index (κ1) is 17.7. The molecule has 25 heavy (non-hydrogen) atoms. The Morgan fingerprint density at radius 1 is 0.720 bits per heavy atom. The molecular formula is C22H22ClNO. The van der Waals surface area contributed by atoms with Crippen LogP contribution in [-0.2, 0) is 5.54 Å². The molecule has 0 spiro atoms. The summed E-state index contributed by atoms with van der Waals surface area (Å²) in [4.78, 5) is 0. The molecule has 0 aliphatic heterocycles. The van der Waals surface area contributed by atoms with Gasteiger partial charge in [-0.25, -0.2) is 0 Å². The number of nitrogens with one attached hydrogen (secondary N) is 1. The van der Waals surface area contributed by atoms with E-state index in [1.165, 1.54) is 0 Å². The fourth-order valence-electron chi connectivity index (χ4n) is 3.20. The Balaban J connectivity index is 2.20. The summed E-state index contributed by atoms with van der Waals surface area (Å²) in [6, 6.07) is 30.9. The van der Waals surface area contributed by atoms with Gasteiger partial charge in [-0.3, -0.25) is 5.32 Å². The molecule has 0 aliphatic carbocycles. The van der Waals surface area contributed by atoms with Gasteiger partial charge in [-0.2, -0.15) is 0 Å². The Morgan fingerprint density at radius 2 is 1.08 bits per heavy atom. The van der Waals surface area contributed by atoms with Crippen LogP contribution in [0.3, 0.4) is 0 Å². The van der Waals surface area contributed by atoms with Gasteiger partial charge in [0.2, 0.25) is 0 Å². The van der Waals surface area contributed by atoms with Crippen LogP contribution in [0.2, 0.25) is 0 Å². The van der Waals surface area contributed by atoms with Crippen molar-refractivity contribution in [2.45, 2.75) is 11.6 Å². The van der Waals surface area contributed by atoms with Gasteiger partial charge in [0, 0.05) is 12.4 Å². The molecule has 3 aromatic carbocycles. The molecule has 0 bridgehead atoms. The first-order valence-corrected chi connectivity index (χ1v) is 8.96. The Bertz CT molecular complexity index is 665. The predicted octanol–water partition coefficient (Wildman–Crippen LogP) is 4.17. The van der Waals surface area contributed by atoms with Crippen LogP contribution in [0.15, 0.2) is 91.0 Å². The summed E-state index contributed by atoms with van der Waals surface area (Å²) in [5, 5.41) is 13.7. The predicted molar refractivity (Wildman–Crippen MR) is 104 cm³/mol. The first-order valence-electron chi connectivity index (χ1n) is 8.43. The maximum Gasteiger partial charge on any atom is 0.0948 e. The van der Waals surface area contributed by atoms with Crippen LogP contribution in [0, 0.1) is 0 Å². The van der Waals surface area contributed by atoms with E-state index in [4.69, 9.17) is 11.6 Å². The average molecular weight is 352 g/mol. The van der Waals surface area contributed by atoms with E-state index < -0.39 is 11.6 Å². The summed E-state index contributed by atoms with van der Waals surface area (Å²) in [6.07, 6.45) is -0.614. The highest BCUT2D eigenvalue weighted by molar-refractivity contribution is 6.18. The molecule has 0 fully saturated rings. The fourth-order valence-corrected chi connectivity index (χ4v) is 3.31. The van der Waals surface area contributed by atoms with Gasteiger partial charge in [-0.15, -0.1) is 11.6 Å². The maximum absolute atomic E-state index is 10.1. The Kier molecular flexibility index (Phi) is 5.87. The summed E-state index contributed by atoms with van der Waals surface area (Å²) in [5.74, 6) is 0.196. The molecule has 3 rings (SSSR count). The number of hydrogen-bond acceptors (Lipinski definition) is 2.